The van der Waals surface area contributed by atoms with Gasteiger partial charge in [0.25, 0.3) is 0 Å². The monoisotopic (exact) mass is 249 g/mol. The van der Waals surface area contributed by atoms with Crippen LogP contribution < -0.4 is 5.32 Å². The van der Waals surface area contributed by atoms with Gasteiger partial charge in [0.1, 0.15) is 18.2 Å². The molecule has 0 bridgehead atoms. The van der Waals surface area contributed by atoms with E-state index in [4.69, 9.17) is 5.11 Å². The molecule has 1 rings (SSSR count). The van der Waals surface area contributed by atoms with E-state index in [1.807, 2.05) is 30.3 Å². The van der Waals surface area contributed by atoms with Crippen LogP contribution in [0.5, 0.6) is 0 Å². The molecule has 1 aromatic rings. The summed E-state index contributed by atoms with van der Waals surface area (Å²) in [5, 5.41) is 10.7. The molecule has 5 heteroatoms. The van der Waals surface area contributed by atoms with E-state index in [1.54, 1.807) is 0 Å². The van der Waals surface area contributed by atoms with E-state index >= 15 is 0 Å². The molecule has 2 N–H and O–H groups in total. The SMILES string of the molecule is CC(=O)C(Cc1ccccc1)C(=O)NCC(=O)O. The topological polar surface area (TPSA) is 83.5 Å². The fraction of sp³-hybridized carbons (Fsp3) is 0.308. The average molecular weight is 249 g/mol. The summed E-state index contributed by atoms with van der Waals surface area (Å²) in [6.07, 6.45) is 0.279. The van der Waals surface area contributed by atoms with E-state index in [2.05, 4.69) is 5.32 Å². The molecular formula is C13H15NO4. The number of amides is 1. The van der Waals surface area contributed by atoms with E-state index in [0.29, 0.717) is 0 Å². The maximum Gasteiger partial charge on any atom is 0.322 e. The second-order valence-corrected chi connectivity index (χ2v) is 3.96. The lowest BCUT2D eigenvalue weighted by Crippen LogP contribution is -2.38. The number of carboxylic acids is 1. The molecule has 0 aliphatic rings. The third-order valence-electron chi connectivity index (χ3n) is 2.50. The zero-order chi connectivity index (χ0) is 13.5. The molecule has 0 aliphatic carbocycles. The number of benzene rings is 1. The van der Waals surface area contributed by atoms with Crippen LogP contribution in [0.3, 0.4) is 0 Å². The summed E-state index contributed by atoms with van der Waals surface area (Å²) in [5.41, 5.74) is 0.864. The number of carboxylic acid groups (broad SMARTS) is 1. The van der Waals surface area contributed by atoms with Gasteiger partial charge in [-0.1, -0.05) is 30.3 Å². The van der Waals surface area contributed by atoms with E-state index in [0.717, 1.165) is 5.56 Å². The Balaban J connectivity index is 2.68. The highest BCUT2D eigenvalue weighted by Gasteiger charge is 2.23. The highest BCUT2D eigenvalue weighted by atomic mass is 16.4. The molecule has 0 aromatic heterocycles. The molecule has 0 saturated carbocycles. The highest BCUT2D eigenvalue weighted by molar-refractivity contribution is 6.01. The van der Waals surface area contributed by atoms with Crippen molar-refractivity contribution in [2.45, 2.75) is 13.3 Å². The number of carbonyl (C=O) groups is 3. The summed E-state index contributed by atoms with van der Waals surface area (Å²) in [4.78, 5) is 33.5. The molecule has 0 aliphatic heterocycles. The van der Waals surface area contributed by atoms with Crippen molar-refractivity contribution in [1.29, 1.82) is 0 Å². The molecule has 0 saturated heterocycles. The van der Waals surface area contributed by atoms with Crippen molar-refractivity contribution < 1.29 is 19.5 Å². The van der Waals surface area contributed by atoms with Crippen LogP contribution in [-0.2, 0) is 20.8 Å². The largest absolute Gasteiger partial charge is 0.480 e. The minimum atomic E-state index is -1.13. The Morgan fingerprint density at radius 2 is 1.83 bits per heavy atom. The smallest absolute Gasteiger partial charge is 0.322 e. The Morgan fingerprint density at radius 3 is 2.33 bits per heavy atom. The van der Waals surface area contributed by atoms with Crippen LogP contribution in [0.4, 0.5) is 0 Å². The molecule has 96 valence electrons. The first-order chi connectivity index (χ1) is 8.50. The first kappa shape index (κ1) is 13.9. The lowest BCUT2D eigenvalue weighted by molar-refractivity contribution is -0.140. The van der Waals surface area contributed by atoms with Gasteiger partial charge in [0.05, 0.1) is 0 Å². The lowest BCUT2D eigenvalue weighted by atomic mass is 9.95. The Morgan fingerprint density at radius 1 is 1.22 bits per heavy atom. The zero-order valence-corrected chi connectivity index (χ0v) is 10.1. The summed E-state index contributed by atoms with van der Waals surface area (Å²) < 4.78 is 0. The Bertz CT molecular complexity index is 442. The predicted octanol–water partition coefficient (Wildman–Crippen LogP) is 0.635. The Labute approximate surface area is 105 Å². The van der Waals surface area contributed by atoms with Crippen LogP contribution in [-0.4, -0.2) is 29.3 Å². The first-order valence-electron chi connectivity index (χ1n) is 5.54. The minimum absolute atomic E-state index is 0.276. The van der Waals surface area contributed by atoms with Gasteiger partial charge in [-0.05, 0) is 18.9 Å². The molecule has 0 radical (unpaired) electrons. The maximum absolute atomic E-state index is 11.7. The predicted molar refractivity (Wildman–Crippen MR) is 65.0 cm³/mol. The van der Waals surface area contributed by atoms with Gasteiger partial charge < -0.3 is 10.4 Å². The molecule has 1 atom stereocenters. The first-order valence-corrected chi connectivity index (χ1v) is 5.54. The van der Waals surface area contributed by atoms with E-state index < -0.39 is 24.3 Å². The number of rotatable bonds is 6. The molecule has 0 heterocycles. The maximum atomic E-state index is 11.7. The van der Waals surface area contributed by atoms with Gasteiger partial charge in [-0.15, -0.1) is 0 Å². The molecule has 5 nitrogen and oxygen atoms in total. The number of hydrogen-bond acceptors (Lipinski definition) is 3. The minimum Gasteiger partial charge on any atom is -0.480 e. The molecular weight excluding hydrogens is 234 g/mol. The van der Waals surface area contributed by atoms with E-state index in [1.165, 1.54) is 6.92 Å². The fourth-order valence-electron chi connectivity index (χ4n) is 1.56. The van der Waals surface area contributed by atoms with Gasteiger partial charge in [0.2, 0.25) is 5.91 Å². The zero-order valence-electron chi connectivity index (χ0n) is 10.1. The summed E-state index contributed by atoms with van der Waals surface area (Å²) in [5.74, 6) is -2.80. The van der Waals surface area contributed by atoms with Gasteiger partial charge in [-0.3, -0.25) is 14.4 Å². The Hall–Kier alpha value is -2.17. The second-order valence-electron chi connectivity index (χ2n) is 3.96. The van der Waals surface area contributed by atoms with Crippen LogP contribution >= 0.6 is 0 Å². The van der Waals surface area contributed by atoms with Crippen molar-refractivity contribution in [3.8, 4) is 0 Å². The van der Waals surface area contributed by atoms with Crippen LogP contribution in [0.1, 0.15) is 12.5 Å². The van der Waals surface area contributed by atoms with Gasteiger partial charge in [0, 0.05) is 0 Å². The van der Waals surface area contributed by atoms with Crippen LogP contribution in [0, 0.1) is 5.92 Å². The standard InChI is InChI=1S/C13H15NO4/c1-9(15)11(13(18)14-8-12(16)17)7-10-5-3-2-4-6-10/h2-6,11H,7-8H2,1H3,(H,14,18)(H,16,17). The summed E-state index contributed by atoms with van der Waals surface area (Å²) in [7, 11) is 0. The summed E-state index contributed by atoms with van der Waals surface area (Å²) >= 11 is 0. The number of ketones is 1. The third-order valence-corrected chi connectivity index (χ3v) is 2.50. The van der Waals surface area contributed by atoms with Crippen molar-refractivity contribution in [3.63, 3.8) is 0 Å². The van der Waals surface area contributed by atoms with Crippen LogP contribution in [0.15, 0.2) is 30.3 Å². The molecule has 0 spiro atoms. The number of Topliss-reactive ketones (excluding diaryl/α,β-unsaturated/α-hetero) is 1. The van der Waals surface area contributed by atoms with Crippen molar-refractivity contribution in [2.75, 3.05) is 6.54 Å². The fourth-order valence-corrected chi connectivity index (χ4v) is 1.56. The molecule has 1 unspecified atom stereocenters. The van der Waals surface area contributed by atoms with Gasteiger partial charge in [-0.2, -0.15) is 0 Å². The van der Waals surface area contributed by atoms with E-state index in [9.17, 15) is 14.4 Å². The molecule has 1 amide bonds. The van der Waals surface area contributed by atoms with Crippen molar-refractivity contribution in [3.05, 3.63) is 35.9 Å². The van der Waals surface area contributed by atoms with Crippen molar-refractivity contribution in [2.24, 2.45) is 5.92 Å². The quantitative estimate of drug-likeness (QED) is 0.724. The normalized spacial score (nSPS) is 11.6. The van der Waals surface area contributed by atoms with E-state index in [-0.39, 0.29) is 12.2 Å². The van der Waals surface area contributed by atoms with Gasteiger partial charge >= 0.3 is 5.97 Å². The number of aliphatic carboxylic acids is 1. The third kappa shape index (κ3) is 4.37. The number of carbonyl (C=O) groups excluding carboxylic acids is 2. The number of nitrogens with one attached hydrogen (secondary N) is 1. The van der Waals surface area contributed by atoms with Crippen LogP contribution in [0.25, 0.3) is 0 Å². The lowest BCUT2D eigenvalue weighted by Gasteiger charge is -2.13. The van der Waals surface area contributed by atoms with Crippen molar-refractivity contribution >= 4 is 17.7 Å². The molecule has 0 fully saturated rings. The average Bonchev–Trinajstić information content (AvgIpc) is 2.34. The number of hydrogen-bond donors (Lipinski definition) is 2. The highest BCUT2D eigenvalue weighted by Crippen LogP contribution is 2.10. The molecule has 1 aromatic carbocycles. The van der Waals surface area contributed by atoms with Gasteiger partial charge in [0.15, 0.2) is 0 Å². The summed E-state index contributed by atoms with van der Waals surface area (Å²) in [6.45, 7) is 0.853. The van der Waals surface area contributed by atoms with Crippen molar-refractivity contribution in [1.82, 2.24) is 5.32 Å². The van der Waals surface area contributed by atoms with Gasteiger partial charge in [-0.25, -0.2) is 0 Å². The molecule has 18 heavy (non-hydrogen) atoms. The van der Waals surface area contributed by atoms with Crippen LogP contribution in [0.2, 0.25) is 0 Å². The summed E-state index contributed by atoms with van der Waals surface area (Å²) in [6, 6.07) is 9.13. The second kappa shape index (κ2) is 6.54. The Kier molecular flexibility index (Phi) is 5.05.